The minimum absolute atomic E-state index is 0.167. The zero-order valence-corrected chi connectivity index (χ0v) is 8.42. The van der Waals surface area contributed by atoms with Gasteiger partial charge in [-0.2, -0.15) is 0 Å². The van der Waals surface area contributed by atoms with Crippen LogP contribution in [-0.2, 0) is 4.79 Å². The molecule has 0 aromatic heterocycles. The van der Waals surface area contributed by atoms with Crippen LogP contribution in [0.3, 0.4) is 0 Å². The normalized spacial score (nSPS) is 41.1. The highest BCUT2D eigenvalue weighted by Crippen LogP contribution is 2.25. The first-order chi connectivity index (χ1) is 6.20. The first kappa shape index (κ1) is 9.00. The van der Waals surface area contributed by atoms with Gasteiger partial charge in [-0.25, -0.2) is 0 Å². The maximum atomic E-state index is 11.6. The number of nitrogens with zero attached hydrogens (tertiary/aromatic N) is 1. The number of amides is 1. The molecule has 3 atom stereocenters. The third-order valence-corrected chi connectivity index (χ3v) is 3.54. The van der Waals surface area contributed by atoms with Crippen molar-refractivity contribution in [2.45, 2.75) is 38.8 Å². The molecule has 2 saturated heterocycles. The average Bonchev–Trinajstić information content (AvgIpc) is 2.57. The van der Waals surface area contributed by atoms with Crippen molar-refractivity contribution in [3.8, 4) is 0 Å². The van der Waals surface area contributed by atoms with E-state index in [0.29, 0.717) is 12.0 Å². The summed E-state index contributed by atoms with van der Waals surface area (Å²) in [5.41, 5.74) is 0. The molecule has 0 aliphatic carbocycles. The molecule has 0 aromatic rings. The molecule has 1 unspecified atom stereocenters. The van der Waals surface area contributed by atoms with Crippen molar-refractivity contribution in [3.05, 3.63) is 0 Å². The van der Waals surface area contributed by atoms with Gasteiger partial charge in [-0.15, -0.1) is 0 Å². The second kappa shape index (κ2) is 3.29. The number of nitrogens with one attached hydrogen (secondary N) is 1. The van der Waals surface area contributed by atoms with Gasteiger partial charge in [0.1, 0.15) is 0 Å². The van der Waals surface area contributed by atoms with Gasteiger partial charge in [0, 0.05) is 12.6 Å². The SMILES string of the molecule is C[C@@H]1CNC(=O)C2CCCN2[C@@H]1C. The maximum Gasteiger partial charge on any atom is 0.237 e. The van der Waals surface area contributed by atoms with Crippen molar-refractivity contribution in [1.29, 1.82) is 0 Å². The Morgan fingerprint density at radius 3 is 3.00 bits per heavy atom. The molecule has 2 fully saturated rings. The monoisotopic (exact) mass is 182 g/mol. The summed E-state index contributed by atoms with van der Waals surface area (Å²) in [6, 6.07) is 0.714. The number of carbonyl (C=O) groups is 1. The summed E-state index contributed by atoms with van der Waals surface area (Å²) in [7, 11) is 0. The van der Waals surface area contributed by atoms with Crippen LogP contribution in [-0.4, -0.2) is 36.0 Å². The summed E-state index contributed by atoms with van der Waals surface area (Å²) in [5, 5.41) is 3.02. The Kier molecular flexibility index (Phi) is 2.28. The van der Waals surface area contributed by atoms with Gasteiger partial charge in [0.15, 0.2) is 0 Å². The quantitative estimate of drug-likeness (QED) is 0.595. The van der Waals surface area contributed by atoms with Gasteiger partial charge >= 0.3 is 0 Å². The molecule has 0 bridgehead atoms. The molecule has 2 heterocycles. The van der Waals surface area contributed by atoms with Gasteiger partial charge in [0.2, 0.25) is 5.91 Å². The molecule has 0 radical (unpaired) electrons. The highest BCUT2D eigenvalue weighted by Gasteiger charge is 2.37. The predicted octanol–water partition coefficient (Wildman–Crippen LogP) is 0.605. The largest absolute Gasteiger partial charge is 0.354 e. The third-order valence-electron chi connectivity index (χ3n) is 3.54. The standard InChI is InChI=1S/C10H18N2O/c1-7-6-11-10(13)9-4-3-5-12(9)8(7)2/h7-9H,3-6H2,1-2H3,(H,11,13)/t7-,8-,9?/m1/s1. The lowest BCUT2D eigenvalue weighted by atomic mass is 10.0. The molecule has 2 aliphatic heterocycles. The average molecular weight is 182 g/mol. The lowest BCUT2D eigenvalue weighted by Crippen LogP contribution is -2.43. The van der Waals surface area contributed by atoms with Gasteiger partial charge in [-0.1, -0.05) is 6.92 Å². The van der Waals surface area contributed by atoms with Gasteiger partial charge in [0.05, 0.1) is 6.04 Å². The summed E-state index contributed by atoms with van der Waals surface area (Å²) >= 11 is 0. The van der Waals surface area contributed by atoms with Crippen molar-refractivity contribution in [1.82, 2.24) is 10.2 Å². The van der Waals surface area contributed by atoms with Crippen LogP contribution >= 0.6 is 0 Å². The van der Waals surface area contributed by atoms with Crippen LogP contribution in [0.2, 0.25) is 0 Å². The third kappa shape index (κ3) is 1.46. The van der Waals surface area contributed by atoms with E-state index in [0.717, 1.165) is 19.5 Å². The second-order valence-electron chi connectivity index (χ2n) is 4.36. The Hall–Kier alpha value is -0.570. The van der Waals surface area contributed by atoms with Crippen molar-refractivity contribution >= 4 is 5.91 Å². The highest BCUT2D eigenvalue weighted by molar-refractivity contribution is 5.82. The molecule has 1 N–H and O–H groups in total. The van der Waals surface area contributed by atoms with E-state index in [1.807, 2.05) is 0 Å². The van der Waals surface area contributed by atoms with E-state index in [1.165, 1.54) is 6.42 Å². The number of carbonyl (C=O) groups excluding carboxylic acids is 1. The van der Waals surface area contributed by atoms with Crippen LogP contribution in [0.25, 0.3) is 0 Å². The predicted molar refractivity (Wildman–Crippen MR) is 51.4 cm³/mol. The van der Waals surface area contributed by atoms with Crippen molar-refractivity contribution in [3.63, 3.8) is 0 Å². The molecule has 74 valence electrons. The van der Waals surface area contributed by atoms with Crippen molar-refractivity contribution in [2.24, 2.45) is 5.92 Å². The first-order valence-electron chi connectivity index (χ1n) is 5.23. The summed E-state index contributed by atoms with van der Waals surface area (Å²) in [5.74, 6) is 0.820. The Balaban J connectivity index is 2.19. The topological polar surface area (TPSA) is 32.3 Å². The van der Waals surface area contributed by atoms with Crippen LogP contribution in [0, 0.1) is 5.92 Å². The van der Waals surface area contributed by atoms with Crippen molar-refractivity contribution in [2.75, 3.05) is 13.1 Å². The van der Waals surface area contributed by atoms with E-state index in [9.17, 15) is 4.79 Å². The molecule has 13 heavy (non-hydrogen) atoms. The van der Waals surface area contributed by atoms with E-state index in [4.69, 9.17) is 0 Å². The molecule has 3 heteroatoms. The summed E-state index contributed by atoms with van der Waals surface area (Å²) in [4.78, 5) is 14.0. The van der Waals surface area contributed by atoms with Crippen LogP contribution < -0.4 is 5.32 Å². The lowest BCUT2D eigenvalue weighted by Gasteiger charge is -2.29. The van der Waals surface area contributed by atoms with E-state index in [2.05, 4.69) is 24.1 Å². The van der Waals surface area contributed by atoms with E-state index in [1.54, 1.807) is 0 Å². The van der Waals surface area contributed by atoms with Crippen LogP contribution in [0.15, 0.2) is 0 Å². The van der Waals surface area contributed by atoms with Crippen molar-refractivity contribution < 1.29 is 4.79 Å². The van der Waals surface area contributed by atoms with Gasteiger partial charge < -0.3 is 5.32 Å². The fourth-order valence-electron chi connectivity index (χ4n) is 2.43. The van der Waals surface area contributed by atoms with Gasteiger partial charge in [0.25, 0.3) is 0 Å². The van der Waals surface area contributed by atoms with Gasteiger partial charge in [-0.3, -0.25) is 9.69 Å². The Labute approximate surface area is 79.5 Å². The minimum atomic E-state index is 0.167. The van der Waals surface area contributed by atoms with Crippen LogP contribution in [0.5, 0.6) is 0 Å². The zero-order valence-electron chi connectivity index (χ0n) is 8.42. The lowest BCUT2D eigenvalue weighted by molar-refractivity contribution is -0.124. The fraction of sp³-hybridized carbons (Fsp3) is 0.900. The molecule has 2 rings (SSSR count). The number of rotatable bonds is 0. The number of fused-ring (bicyclic) bond motifs is 1. The Morgan fingerprint density at radius 1 is 1.46 bits per heavy atom. The molecule has 3 nitrogen and oxygen atoms in total. The fourth-order valence-corrected chi connectivity index (χ4v) is 2.43. The maximum absolute atomic E-state index is 11.6. The molecule has 0 aromatic carbocycles. The molecule has 1 amide bonds. The van der Waals surface area contributed by atoms with Gasteiger partial charge in [-0.05, 0) is 32.2 Å². The molecule has 0 saturated carbocycles. The first-order valence-corrected chi connectivity index (χ1v) is 5.23. The summed E-state index contributed by atoms with van der Waals surface area (Å²) in [6.07, 6.45) is 2.22. The number of hydrogen-bond acceptors (Lipinski definition) is 2. The molecule has 0 spiro atoms. The van der Waals surface area contributed by atoms with E-state index in [-0.39, 0.29) is 11.9 Å². The smallest absolute Gasteiger partial charge is 0.237 e. The molecular weight excluding hydrogens is 164 g/mol. The molecule has 2 aliphatic rings. The Bertz CT molecular complexity index is 217. The minimum Gasteiger partial charge on any atom is -0.354 e. The summed E-state index contributed by atoms with van der Waals surface area (Å²) < 4.78 is 0. The number of hydrogen-bond donors (Lipinski definition) is 1. The highest BCUT2D eigenvalue weighted by atomic mass is 16.2. The Morgan fingerprint density at radius 2 is 2.23 bits per heavy atom. The van der Waals surface area contributed by atoms with Crippen LogP contribution in [0.4, 0.5) is 0 Å². The molecular formula is C10H18N2O. The zero-order chi connectivity index (χ0) is 9.42. The summed E-state index contributed by atoms with van der Waals surface area (Å²) in [6.45, 7) is 6.39. The van der Waals surface area contributed by atoms with E-state index >= 15 is 0 Å². The van der Waals surface area contributed by atoms with Crippen LogP contribution in [0.1, 0.15) is 26.7 Å². The second-order valence-corrected chi connectivity index (χ2v) is 4.36. The van der Waals surface area contributed by atoms with E-state index < -0.39 is 0 Å².